The lowest BCUT2D eigenvalue weighted by atomic mass is 9.79. The number of carbonyl (C=O) groups excluding carboxylic acids is 3. The van der Waals surface area contributed by atoms with Gasteiger partial charge in [-0.25, -0.2) is 4.79 Å². The van der Waals surface area contributed by atoms with E-state index in [4.69, 9.17) is 51.5 Å². The number of non-ortho nitro benzene ring substituents is 1. The van der Waals surface area contributed by atoms with Crippen LogP contribution in [0.2, 0.25) is 10.1 Å². The lowest BCUT2D eigenvalue weighted by Gasteiger charge is -2.53. The second kappa shape index (κ2) is 30.6. The highest BCUT2D eigenvalue weighted by Gasteiger charge is 2.65. The number of carbonyl (C=O) groups is 3. The van der Waals surface area contributed by atoms with E-state index < -0.39 is 147 Å². The van der Waals surface area contributed by atoms with Gasteiger partial charge in [-0.05, 0) is 111 Å². The molecule has 546 valence electrons. The van der Waals surface area contributed by atoms with Crippen molar-refractivity contribution in [3.8, 4) is 0 Å². The standard InChI is InChI=1S/C83H105NO16Si2/c1-13-26-66-69(97-81(87)55-35-37-56(38-36-55)84(88)89)49-72-74(94-66)54(6)75-71(93-72)48-68-53(5)50(2)43-57(90-68)39-41-65-52(4)45-59(91-65)44-51(3)64(85)47-70-77(99-101(82(7,8)9,60-27-18-14-19-28-60)61-29-20-15-21-30-61)78-79(96-70)80(76-67(95-78)42-40-58(92-76)46-73(86)98-75)100-102(83(10,11)12,62-31-22-16-23-32-62)63-33-24-17-25-34-63/h14-25,27-38,50-51,54,57-59,65-72,74-80H,4-5,13,26,39-49H2,1-3,6-12H3/t50-,51?,54+,57+,58?,59?,65?,66-,67+,68-,69-,70-,71?,72+,74+,75-,76+,77+,78+,79-,80+/m1/s1. The molecular weight excluding hydrogens is 1320 g/mol. The number of hydrogen-bond acceptors (Lipinski definition) is 16. The minimum absolute atomic E-state index is 0.0406. The van der Waals surface area contributed by atoms with E-state index in [2.05, 4.69) is 166 Å². The number of esters is 2. The molecule has 5 unspecified atom stereocenters. The molecule has 19 heteroatoms. The summed E-state index contributed by atoms with van der Waals surface area (Å²) in [5, 5.41) is 14.9. The number of benzene rings is 5. The maximum absolute atomic E-state index is 15.5. The van der Waals surface area contributed by atoms with Crippen molar-refractivity contribution in [3.63, 3.8) is 0 Å². The normalized spacial score (nSPS) is 34.2. The second-order valence-corrected chi connectivity index (χ2v) is 40.9. The minimum atomic E-state index is -3.48. The highest BCUT2D eigenvalue weighted by Crippen LogP contribution is 2.50. The van der Waals surface area contributed by atoms with Gasteiger partial charge in [0, 0.05) is 43.2 Å². The molecule has 17 nitrogen and oxygen atoms in total. The van der Waals surface area contributed by atoms with Crippen LogP contribution >= 0.6 is 0 Å². The van der Waals surface area contributed by atoms with Gasteiger partial charge in [0.25, 0.3) is 22.3 Å². The van der Waals surface area contributed by atoms with Crippen molar-refractivity contribution in [1.29, 1.82) is 0 Å². The van der Waals surface area contributed by atoms with Crippen LogP contribution in [0, 0.1) is 27.9 Å². The summed E-state index contributed by atoms with van der Waals surface area (Å²) in [5.41, 5.74) is 1.98. The number of nitrogens with zero attached hydrogens (tertiary/aromatic N) is 1. The molecule has 0 spiro atoms. The van der Waals surface area contributed by atoms with Crippen molar-refractivity contribution in [3.05, 3.63) is 186 Å². The molecule has 0 aliphatic carbocycles. The Kier molecular flexibility index (Phi) is 22.2. The van der Waals surface area contributed by atoms with Crippen molar-refractivity contribution in [2.24, 2.45) is 17.8 Å². The highest BCUT2D eigenvalue weighted by molar-refractivity contribution is 7.00. The van der Waals surface area contributed by atoms with Crippen LogP contribution in [0.4, 0.5) is 5.69 Å². The summed E-state index contributed by atoms with van der Waals surface area (Å²) in [6.45, 7) is 31.1. The lowest BCUT2D eigenvalue weighted by molar-refractivity contribution is -0.384. The third kappa shape index (κ3) is 14.9. The first-order valence-corrected chi connectivity index (χ1v) is 41.4. The van der Waals surface area contributed by atoms with Gasteiger partial charge in [-0.2, -0.15) is 0 Å². The molecule has 8 saturated heterocycles. The Morgan fingerprint density at radius 1 is 0.529 bits per heavy atom. The predicted octanol–water partition coefficient (Wildman–Crippen LogP) is 13.0. The highest BCUT2D eigenvalue weighted by atomic mass is 28.4. The first-order chi connectivity index (χ1) is 48.8. The van der Waals surface area contributed by atoms with E-state index in [9.17, 15) is 14.9 Å². The number of hydrogen-bond donors (Lipinski definition) is 0. The third-order valence-electron chi connectivity index (χ3n) is 23.5. The molecule has 8 heterocycles. The Balaban J connectivity index is 0.888. The predicted molar refractivity (Wildman–Crippen MR) is 394 cm³/mol. The van der Waals surface area contributed by atoms with Gasteiger partial charge < -0.3 is 51.5 Å². The minimum Gasteiger partial charge on any atom is -0.459 e. The second-order valence-electron chi connectivity index (χ2n) is 32.4. The molecule has 8 aliphatic heterocycles. The van der Waals surface area contributed by atoms with Crippen LogP contribution in [0.5, 0.6) is 0 Å². The molecule has 0 radical (unpaired) electrons. The van der Waals surface area contributed by atoms with Crippen LogP contribution in [0.15, 0.2) is 170 Å². The van der Waals surface area contributed by atoms with Crippen LogP contribution in [0.3, 0.4) is 0 Å². The first kappa shape index (κ1) is 74.0. The fourth-order valence-corrected chi connectivity index (χ4v) is 27.6. The molecule has 0 saturated carbocycles. The summed E-state index contributed by atoms with van der Waals surface area (Å²) < 4.78 is 81.1. The first-order valence-electron chi connectivity index (χ1n) is 37.5. The fourth-order valence-electron chi connectivity index (χ4n) is 18.2. The molecule has 5 aromatic rings. The summed E-state index contributed by atoms with van der Waals surface area (Å²) in [7, 11) is -6.89. The van der Waals surface area contributed by atoms with Gasteiger partial charge >= 0.3 is 11.9 Å². The molecule has 8 bridgehead atoms. The molecular formula is C83H105NO16Si2. The molecule has 8 aliphatic rings. The smallest absolute Gasteiger partial charge is 0.338 e. The quantitative estimate of drug-likeness (QED) is 0.0354. The topological polar surface area (TPSA) is 196 Å². The average molecular weight is 1430 g/mol. The molecule has 5 aromatic carbocycles. The zero-order valence-electron chi connectivity index (χ0n) is 61.1. The molecule has 0 N–H and O–H groups in total. The summed E-state index contributed by atoms with van der Waals surface area (Å²) in [6.07, 6.45) is -4.73. The molecule has 8 fully saturated rings. The van der Waals surface area contributed by atoms with Gasteiger partial charge in [-0.1, -0.05) is 210 Å². The van der Waals surface area contributed by atoms with E-state index in [1.807, 2.05) is 38.1 Å². The van der Waals surface area contributed by atoms with Gasteiger partial charge in [0.15, 0.2) is 0 Å². The van der Waals surface area contributed by atoms with E-state index in [0.29, 0.717) is 57.8 Å². The van der Waals surface area contributed by atoms with Crippen molar-refractivity contribution in [2.45, 2.75) is 273 Å². The van der Waals surface area contributed by atoms with Gasteiger partial charge in [0.2, 0.25) is 0 Å². The number of nitro groups is 1. The Hall–Kier alpha value is -6.34. The van der Waals surface area contributed by atoms with Crippen LogP contribution in [-0.4, -0.2) is 149 Å². The molecule has 21 atom stereocenters. The number of fused-ring (bicyclic) bond motifs is 8. The maximum Gasteiger partial charge on any atom is 0.338 e. The van der Waals surface area contributed by atoms with Crippen molar-refractivity contribution in [1.82, 2.24) is 0 Å². The van der Waals surface area contributed by atoms with Crippen LogP contribution < -0.4 is 20.7 Å². The van der Waals surface area contributed by atoms with Crippen molar-refractivity contribution in [2.75, 3.05) is 0 Å². The summed E-state index contributed by atoms with van der Waals surface area (Å²) >= 11 is 0. The third-order valence-corrected chi connectivity index (χ3v) is 33.6. The SMILES string of the molecule is C=C1CC2CC(C)C(=O)C[C@H]3O[C@H]4[C@@H](O[Si](c5ccccc5)(c5ccccc5)C(C)(C)C)[C@H]5OC(CC[C@@H]5O[C@H]4[C@H]3O[Si](c3ccccc3)(c3ccccc3)C(C)(C)C)CC(=O)O[C@H]3C(C[C@H]4O[C@@H](CCC1O2)C[C@@H](C)C4=C)O[C@H]1C[C@@H](OC(=O)c2ccc([N+](=O)[O-])cc2)[C@@H](CCC)O[C@H]1[C@@H]3C. The molecule has 0 aromatic heterocycles. The van der Waals surface area contributed by atoms with Gasteiger partial charge in [0.1, 0.15) is 48.5 Å². The van der Waals surface area contributed by atoms with E-state index in [-0.39, 0.29) is 54.1 Å². The summed E-state index contributed by atoms with van der Waals surface area (Å²) in [5.74, 6) is -1.76. The van der Waals surface area contributed by atoms with E-state index in [1.165, 1.54) is 24.3 Å². The zero-order valence-corrected chi connectivity index (χ0v) is 63.1. The number of ether oxygens (including phenoxy) is 9. The van der Waals surface area contributed by atoms with Crippen LogP contribution in [0.1, 0.15) is 163 Å². The van der Waals surface area contributed by atoms with E-state index in [1.54, 1.807) is 0 Å². The Bertz CT molecular complexity index is 3680. The molecule has 13 rings (SSSR count). The Labute approximate surface area is 604 Å². The number of nitro benzene ring substituents is 1. The van der Waals surface area contributed by atoms with Crippen molar-refractivity contribution >= 4 is 60.8 Å². The summed E-state index contributed by atoms with van der Waals surface area (Å²) in [6, 6.07) is 47.7. The number of rotatable bonds is 13. The number of ketones is 1. The number of Topliss-reactive ketones (excluding diaryl/α,β-unsaturated/α-hetero) is 1. The molecule has 0 amide bonds. The average Bonchev–Trinajstić information content (AvgIpc) is 1.35. The Morgan fingerprint density at radius 2 is 1.06 bits per heavy atom. The zero-order chi connectivity index (χ0) is 72.0. The van der Waals surface area contributed by atoms with E-state index in [0.717, 1.165) is 44.7 Å². The Morgan fingerprint density at radius 3 is 1.63 bits per heavy atom. The van der Waals surface area contributed by atoms with Crippen molar-refractivity contribution < 1.29 is 70.8 Å². The fraction of sp³-hybridized carbons (Fsp3) is 0.554. The molecule has 102 heavy (non-hydrogen) atoms. The van der Waals surface area contributed by atoms with Crippen LogP contribution in [0.25, 0.3) is 0 Å². The van der Waals surface area contributed by atoms with Gasteiger partial charge in [-0.15, -0.1) is 0 Å². The van der Waals surface area contributed by atoms with Gasteiger partial charge in [-0.3, -0.25) is 19.7 Å². The van der Waals surface area contributed by atoms with E-state index >= 15 is 9.59 Å². The van der Waals surface area contributed by atoms with Gasteiger partial charge in [0.05, 0.1) is 84.1 Å². The maximum atomic E-state index is 15.5. The lowest BCUT2D eigenvalue weighted by Crippen LogP contribution is -2.73. The monoisotopic (exact) mass is 1430 g/mol. The van der Waals surface area contributed by atoms with Crippen LogP contribution in [-0.2, 0) is 61.1 Å². The largest absolute Gasteiger partial charge is 0.459 e. The summed E-state index contributed by atoms with van der Waals surface area (Å²) in [4.78, 5) is 55.9.